The van der Waals surface area contributed by atoms with Crippen molar-refractivity contribution in [3.63, 3.8) is 0 Å². The summed E-state index contributed by atoms with van der Waals surface area (Å²) in [5.74, 6) is 0. The second kappa shape index (κ2) is 7.72. The molecule has 0 radical (unpaired) electrons. The SMILES string of the molecule is c1ccc(-n2c3ccccc3c3ccc4c5ccc6c7ccccc7sc6c5c5nc6ccccc6n5c4c32)cc1. The Morgan fingerprint density at radius 3 is 2.02 bits per heavy atom. The highest BCUT2D eigenvalue weighted by molar-refractivity contribution is 7.26. The summed E-state index contributed by atoms with van der Waals surface area (Å²) in [4.78, 5) is 5.34. The maximum Gasteiger partial charge on any atom is 0.147 e. The molecule has 0 aliphatic rings. The van der Waals surface area contributed by atoms with Crippen molar-refractivity contribution in [3.8, 4) is 5.69 Å². The Bertz CT molecular complexity index is 2690. The van der Waals surface area contributed by atoms with Gasteiger partial charge in [-0.3, -0.25) is 4.40 Å². The fraction of sp³-hybridized carbons (Fsp3) is 0. The predicted octanol–water partition coefficient (Wildman–Crippen LogP) is 10.3. The molecule has 0 spiro atoms. The molecule has 10 aromatic rings. The van der Waals surface area contributed by atoms with E-state index < -0.39 is 0 Å². The summed E-state index contributed by atoms with van der Waals surface area (Å²) in [5, 5.41) is 8.82. The second-order valence-electron chi connectivity index (χ2n) is 10.8. The third-order valence-electron chi connectivity index (χ3n) is 8.67. The van der Waals surface area contributed by atoms with Crippen LogP contribution in [0.15, 0.2) is 127 Å². The van der Waals surface area contributed by atoms with Crippen molar-refractivity contribution in [2.45, 2.75) is 0 Å². The molecule has 4 heterocycles. The second-order valence-corrected chi connectivity index (χ2v) is 11.8. The Balaban J connectivity index is 1.56. The molecule has 0 fully saturated rings. The summed E-state index contributed by atoms with van der Waals surface area (Å²) in [6.07, 6.45) is 0. The van der Waals surface area contributed by atoms with E-state index in [0.717, 1.165) is 22.4 Å². The summed E-state index contributed by atoms with van der Waals surface area (Å²) in [6.45, 7) is 0. The van der Waals surface area contributed by atoms with Crippen molar-refractivity contribution >= 4 is 91.7 Å². The summed E-state index contributed by atoms with van der Waals surface area (Å²) in [5.41, 5.74) is 7.93. The first-order valence-electron chi connectivity index (χ1n) is 13.9. The van der Waals surface area contributed by atoms with Crippen LogP contribution in [0, 0.1) is 0 Å². The molecule has 0 aliphatic heterocycles. The van der Waals surface area contributed by atoms with E-state index in [4.69, 9.17) is 4.98 Å². The lowest BCUT2D eigenvalue weighted by atomic mass is 10.0. The molecule has 0 unspecified atom stereocenters. The lowest BCUT2D eigenvalue weighted by Gasteiger charge is -2.14. The first-order chi connectivity index (χ1) is 20.4. The van der Waals surface area contributed by atoms with Crippen molar-refractivity contribution in [2.75, 3.05) is 0 Å². The average Bonchev–Trinajstić information content (AvgIpc) is 3.71. The van der Waals surface area contributed by atoms with Crippen molar-refractivity contribution in [1.82, 2.24) is 14.0 Å². The minimum atomic E-state index is 1.01. The Morgan fingerprint density at radius 2 is 1.15 bits per heavy atom. The van der Waals surface area contributed by atoms with Crippen LogP contribution in [0.4, 0.5) is 0 Å². The van der Waals surface area contributed by atoms with Crippen LogP contribution < -0.4 is 0 Å². The molecule has 0 bridgehead atoms. The summed E-state index contributed by atoms with van der Waals surface area (Å²) < 4.78 is 7.47. The number of nitrogens with zero attached hydrogens (tertiary/aromatic N) is 3. The fourth-order valence-electron chi connectivity index (χ4n) is 6.98. The van der Waals surface area contributed by atoms with Gasteiger partial charge in [0.2, 0.25) is 0 Å². The van der Waals surface area contributed by atoms with Crippen molar-refractivity contribution in [3.05, 3.63) is 127 Å². The van der Waals surface area contributed by atoms with E-state index in [1.54, 1.807) is 0 Å². The molecule has 0 aliphatic carbocycles. The Kier molecular flexibility index (Phi) is 4.07. The molecule has 10 rings (SSSR count). The molecule has 3 nitrogen and oxygen atoms in total. The Morgan fingerprint density at radius 1 is 0.488 bits per heavy atom. The monoisotopic (exact) mass is 539 g/mol. The normalized spacial score (nSPS) is 12.4. The van der Waals surface area contributed by atoms with Crippen LogP contribution in [0.2, 0.25) is 0 Å². The van der Waals surface area contributed by atoms with Gasteiger partial charge in [-0.2, -0.15) is 0 Å². The molecule has 0 N–H and O–H groups in total. The summed E-state index contributed by atoms with van der Waals surface area (Å²) in [6, 6.07) is 46.1. The molecule has 4 aromatic heterocycles. The van der Waals surface area contributed by atoms with Crippen LogP contribution >= 0.6 is 11.3 Å². The smallest absolute Gasteiger partial charge is 0.147 e. The van der Waals surface area contributed by atoms with Gasteiger partial charge < -0.3 is 4.57 Å². The predicted molar refractivity (Wildman–Crippen MR) is 175 cm³/mol. The van der Waals surface area contributed by atoms with Gasteiger partial charge >= 0.3 is 0 Å². The number of fused-ring (bicyclic) bond motifs is 16. The number of thiophene rings is 1. The topological polar surface area (TPSA) is 22.2 Å². The maximum atomic E-state index is 5.34. The van der Waals surface area contributed by atoms with Crippen LogP contribution in [-0.4, -0.2) is 14.0 Å². The standard InChI is InChI=1S/C37H21N3S/c1-2-10-22(11-3-1)39-30-15-7-4-12-23(30)26-19-20-27-25-18-21-28-24-13-5-9-17-32(24)41-36(28)33(25)37-38-29-14-6-8-16-31(29)40(37)35(27)34(26)39/h1-21H. The van der Waals surface area contributed by atoms with Gasteiger partial charge in [0.15, 0.2) is 0 Å². The van der Waals surface area contributed by atoms with E-state index in [2.05, 4.69) is 136 Å². The Hall–Kier alpha value is -5.19. The number of para-hydroxylation sites is 4. The molecule has 190 valence electrons. The van der Waals surface area contributed by atoms with Gasteiger partial charge in [0.25, 0.3) is 0 Å². The van der Waals surface area contributed by atoms with Gasteiger partial charge in [-0.25, -0.2) is 4.98 Å². The molecule has 4 heteroatoms. The van der Waals surface area contributed by atoms with Crippen LogP contribution in [0.25, 0.3) is 86.0 Å². The third-order valence-corrected chi connectivity index (χ3v) is 9.87. The zero-order valence-electron chi connectivity index (χ0n) is 21.9. The number of rotatable bonds is 1. The zero-order chi connectivity index (χ0) is 26.7. The highest BCUT2D eigenvalue weighted by Crippen LogP contribution is 2.45. The van der Waals surface area contributed by atoms with E-state index >= 15 is 0 Å². The number of hydrogen-bond donors (Lipinski definition) is 0. The molecule has 0 saturated carbocycles. The van der Waals surface area contributed by atoms with Crippen LogP contribution in [-0.2, 0) is 0 Å². The fourth-order valence-corrected chi connectivity index (χ4v) is 8.23. The van der Waals surface area contributed by atoms with E-state index in [0.29, 0.717) is 0 Å². The first-order valence-corrected chi connectivity index (χ1v) is 14.7. The highest BCUT2D eigenvalue weighted by atomic mass is 32.1. The largest absolute Gasteiger partial charge is 0.307 e. The van der Waals surface area contributed by atoms with E-state index in [-0.39, 0.29) is 0 Å². The van der Waals surface area contributed by atoms with E-state index in [9.17, 15) is 0 Å². The van der Waals surface area contributed by atoms with Crippen molar-refractivity contribution in [2.24, 2.45) is 0 Å². The van der Waals surface area contributed by atoms with Gasteiger partial charge in [-0.1, -0.05) is 91.0 Å². The number of imidazole rings is 1. The first kappa shape index (κ1) is 21.6. The quantitative estimate of drug-likeness (QED) is 0.190. The molecule has 6 aromatic carbocycles. The van der Waals surface area contributed by atoms with Gasteiger partial charge in [0.05, 0.1) is 27.6 Å². The van der Waals surface area contributed by atoms with Gasteiger partial charge in [0, 0.05) is 47.4 Å². The van der Waals surface area contributed by atoms with E-state index in [1.807, 2.05) is 11.3 Å². The molecule has 0 saturated heterocycles. The van der Waals surface area contributed by atoms with Gasteiger partial charge in [-0.15, -0.1) is 11.3 Å². The Labute approximate surface area is 238 Å². The van der Waals surface area contributed by atoms with Gasteiger partial charge in [-0.05, 0) is 41.8 Å². The third kappa shape index (κ3) is 2.70. The van der Waals surface area contributed by atoms with E-state index in [1.165, 1.54) is 63.7 Å². The van der Waals surface area contributed by atoms with Crippen molar-refractivity contribution in [1.29, 1.82) is 0 Å². The molecule has 0 amide bonds. The molecule has 0 atom stereocenters. The van der Waals surface area contributed by atoms with Crippen molar-refractivity contribution < 1.29 is 0 Å². The maximum absolute atomic E-state index is 5.34. The minimum absolute atomic E-state index is 1.01. The van der Waals surface area contributed by atoms with Crippen LogP contribution in [0.3, 0.4) is 0 Å². The number of pyridine rings is 1. The summed E-state index contributed by atoms with van der Waals surface area (Å²) >= 11 is 1.87. The zero-order valence-corrected chi connectivity index (χ0v) is 22.7. The molecular weight excluding hydrogens is 518 g/mol. The summed E-state index contributed by atoms with van der Waals surface area (Å²) in [7, 11) is 0. The number of aromatic nitrogens is 3. The van der Waals surface area contributed by atoms with Crippen LogP contribution in [0.5, 0.6) is 0 Å². The highest BCUT2D eigenvalue weighted by Gasteiger charge is 2.22. The van der Waals surface area contributed by atoms with Gasteiger partial charge in [0.1, 0.15) is 5.65 Å². The molecule has 41 heavy (non-hydrogen) atoms. The number of hydrogen-bond acceptors (Lipinski definition) is 2. The van der Waals surface area contributed by atoms with Crippen LogP contribution in [0.1, 0.15) is 0 Å². The number of benzene rings is 6. The minimum Gasteiger partial charge on any atom is -0.307 e. The molecular formula is C37H21N3S. The lowest BCUT2D eigenvalue weighted by Crippen LogP contribution is -1.98. The average molecular weight is 540 g/mol. The lowest BCUT2D eigenvalue weighted by molar-refractivity contribution is 1.18.